The summed E-state index contributed by atoms with van der Waals surface area (Å²) in [7, 11) is 0. The Morgan fingerprint density at radius 2 is 1.53 bits per heavy atom. The number of hydrogen-bond donors (Lipinski definition) is 1. The molecule has 0 saturated carbocycles. The maximum absolute atomic E-state index is 6.60. The van der Waals surface area contributed by atoms with Gasteiger partial charge in [-0.3, -0.25) is 4.98 Å². The summed E-state index contributed by atoms with van der Waals surface area (Å²) in [5.74, 6) is 0. The molecule has 0 atom stereocenters. The normalized spacial score (nSPS) is 11.8. The van der Waals surface area contributed by atoms with Gasteiger partial charge < -0.3 is 14.7 Å². The van der Waals surface area contributed by atoms with Crippen molar-refractivity contribution < 1.29 is 4.42 Å². The molecule has 4 aromatic carbocycles. The average molecular weight is 440 g/mol. The number of furan rings is 1. The molecule has 4 heteroatoms. The van der Waals surface area contributed by atoms with Gasteiger partial charge in [-0.1, -0.05) is 48.5 Å². The molecule has 0 radical (unpaired) electrons. The monoisotopic (exact) mass is 439 g/mol. The van der Waals surface area contributed by atoms with Crippen molar-refractivity contribution in [3.8, 4) is 16.9 Å². The largest absolute Gasteiger partial charge is 0.456 e. The van der Waals surface area contributed by atoms with Crippen LogP contribution in [0.1, 0.15) is 5.56 Å². The van der Waals surface area contributed by atoms with Crippen molar-refractivity contribution in [3.05, 3.63) is 103 Å². The molecule has 3 aromatic heterocycles. The van der Waals surface area contributed by atoms with Gasteiger partial charge in [-0.25, -0.2) is 0 Å². The van der Waals surface area contributed by atoms with Crippen molar-refractivity contribution >= 4 is 49.4 Å². The molecule has 34 heavy (non-hydrogen) atoms. The van der Waals surface area contributed by atoms with Crippen molar-refractivity contribution in [1.82, 2.24) is 9.55 Å². The number of nitrogen functional groups attached to an aromatic ring is 1. The lowest BCUT2D eigenvalue weighted by atomic mass is 10.0. The summed E-state index contributed by atoms with van der Waals surface area (Å²) in [5, 5.41) is 4.63. The maximum Gasteiger partial charge on any atom is 0.136 e. The second kappa shape index (κ2) is 6.96. The summed E-state index contributed by atoms with van der Waals surface area (Å²) in [4.78, 5) is 4.71. The Kier molecular flexibility index (Phi) is 3.88. The minimum absolute atomic E-state index is 0.708. The zero-order valence-electron chi connectivity index (χ0n) is 18.6. The summed E-state index contributed by atoms with van der Waals surface area (Å²) < 4.78 is 8.52. The highest BCUT2D eigenvalue weighted by Gasteiger charge is 2.21. The van der Waals surface area contributed by atoms with Crippen LogP contribution >= 0.6 is 0 Å². The molecule has 0 aliphatic heterocycles. The van der Waals surface area contributed by atoms with Gasteiger partial charge in [0.05, 0.1) is 22.4 Å². The molecule has 2 N–H and O–H groups in total. The van der Waals surface area contributed by atoms with Gasteiger partial charge in [0.15, 0.2) is 0 Å². The third kappa shape index (κ3) is 2.51. The minimum atomic E-state index is 0.708. The lowest BCUT2D eigenvalue weighted by molar-refractivity contribution is 0.669. The summed E-state index contributed by atoms with van der Waals surface area (Å²) in [6, 6.07) is 31.1. The predicted molar refractivity (Wildman–Crippen MR) is 140 cm³/mol. The summed E-state index contributed by atoms with van der Waals surface area (Å²) >= 11 is 0. The fraction of sp³-hybridized carbons (Fsp3) is 0.0333. The SMILES string of the molecule is Cc1cccnc1-c1c(N)cccc1-n1c2ccccc2c2c3c(ccc21)oc1ccccc13. The molecule has 7 aromatic rings. The van der Waals surface area contributed by atoms with Crippen LogP contribution in [0.15, 0.2) is 102 Å². The predicted octanol–water partition coefficient (Wildman–Crippen LogP) is 7.64. The number of para-hydroxylation sites is 2. The molecule has 162 valence electrons. The Morgan fingerprint density at radius 3 is 2.41 bits per heavy atom. The van der Waals surface area contributed by atoms with Crippen LogP contribution in [0.3, 0.4) is 0 Å². The molecular weight excluding hydrogens is 418 g/mol. The van der Waals surface area contributed by atoms with E-state index in [4.69, 9.17) is 15.1 Å². The maximum atomic E-state index is 6.60. The van der Waals surface area contributed by atoms with Gasteiger partial charge in [0, 0.05) is 39.0 Å². The lowest BCUT2D eigenvalue weighted by Crippen LogP contribution is -2.02. The van der Waals surface area contributed by atoms with Gasteiger partial charge in [-0.15, -0.1) is 0 Å². The number of nitrogens with zero attached hydrogens (tertiary/aromatic N) is 2. The standard InChI is InChI=1S/C30H21N3O/c1-18-8-7-17-32-30(18)29-21(31)11-6-13-23(29)33-22-12-4-2-9-19(22)27-24(33)15-16-26-28(27)20-10-3-5-14-25(20)34-26/h2-17H,31H2,1H3. The fourth-order valence-corrected chi connectivity index (χ4v) is 5.28. The Morgan fingerprint density at radius 1 is 0.706 bits per heavy atom. The Balaban J connectivity index is 1.69. The highest BCUT2D eigenvalue weighted by atomic mass is 16.3. The van der Waals surface area contributed by atoms with Crippen LogP contribution in [0, 0.1) is 6.92 Å². The van der Waals surface area contributed by atoms with Gasteiger partial charge in [0.1, 0.15) is 11.2 Å². The van der Waals surface area contributed by atoms with Crippen LogP contribution in [0.4, 0.5) is 5.69 Å². The number of rotatable bonds is 2. The van der Waals surface area contributed by atoms with E-state index >= 15 is 0 Å². The zero-order valence-corrected chi connectivity index (χ0v) is 18.6. The molecular formula is C30H21N3O. The molecule has 0 spiro atoms. The number of hydrogen-bond acceptors (Lipinski definition) is 3. The molecule has 0 aliphatic carbocycles. The molecule has 0 aliphatic rings. The Labute approximate surface area is 195 Å². The molecule has 0 saturated heterocycles. The van der Waals surface area contributed by atoms with Gasteiger partial charge in [-0.05, 0) is 55.0 Å². The van der Waals surface area contributed by atoms with E-state index in [2.05, 4.69) is 72.2 Å². The van der Waals surface area contributed by atoms with E-state index in [9.17, 15) is 0 Å². The topological polar surface area (TPSA) is 57.0 Å². The number of aromatic nitrogens is 2. The third-order valence-electron chi connectivity index (χ3n) is 6.74. The number of anilines is 1. The average Bonchev–Trinajstić information content (AvgIpc) is 3.40. The lowest BCUT2D eigenvalue weighted by Gasteiger charge is -2.16. The smallest absolute Gasteiger partial charge is 0.136 e. The van der Waals surface area contributed by atoms with Crippen LogP contribution in [0.25, 0.3) is 60.7 Å². The highest BCUT2D eigenvalue weighted by molar-refractivity contribution is 6.27. The number of fused-ring (bicyclic) bond motifs is 7. The Hall–Kier alpha value is -4.57. The van der Waals surface area contributed by atoms with E-state index in [0.29, 0.717) is 5.69 Å². The molecule has 3 heterocycles. The van der Waals surface area contributed by atoms with Gasteiger partial charge in [0.2, 0.25) is 0 Å². The van der Waals surface area contributed by atoms with E-state index in [0.717, 1.165) is 55.5 Å². The zero-order chi connectivity index (χ0) is 22.8. The molecule has 7 rings (SSSR count). The fourth-order valence-electron chi connectivity index (χ4n) is 5.28. The van der Waals surface area contributed by atoms with Crippen molar-refractivity contribution in [2.24, 2.45) is 0 Å². The molecule has 0 bridgehead atoms. The van der Waals surface area contributed by atoms with Crippen molar-refractivity contribution in [2.45, 2.75) is 6.92 Å². The summed E-state index contributed by atoms with van der Waals surface area (Å²) in [6.07, 6.45) is 1.82. The van der Waals surface area contributed by atoms with Crippen LogP contribution < -0.4 is 5.73 Å². The van der Waals surface area contributed by atoms with Crippen LogP contribution in [0.5, 0.6) is 0 Å². The first-order valence-corrected chi connectivity index (χ1v) is 11.4. The van der Waals surface area contributed by atoms with E-state index in [-0.39, 0.29) is 0 Å². The van der Waals surface area contributed by atoms with Gasteiger partial charge >= 0.3 is 0 Å². The first-order chi connectivity index (χ1) is 16.7. The van der Waals surface area contributed by atoms with Crippen molar-refractivity contribution in [1.29, 1.82) is 0 Å². The Bertz CT molecular complexity index is 1890. The second-order valence-corrected chi connectivity index (χ2v) is 8.69. The minimum Gasteiger partial charge on any atom is -0.456 e. The van der Waals surface area contributed by atoms with E-state index in [1.165, 1.54) is 10.8 Å². The van der Waals surface area contributed by atoms with Crippen LogP contribution in [-0.4, -0.2) is 9.55 Å². The highest BCUT2D eigenvalue weighted by Crippen LogP contribution is 2.43. The van der Waals surface area contributed by atoms with E-state index in [1.54, 1.807) is 0 Å². The number of nitrogens with two attached hydrogens (primary N) is 1. The second-order valence-electron chi connectivity index (χ2n) is 8.69. The number of benzene rings is 4. The number of aryl methyl sites for hydroxylation is 1. The quantitative estimate of drug-likeness (QED) is 0.282. The molecule has 0 unspecified atom stereocenters. The van der Waals surface area contributed by atoms with Crippen LogP contribution in [-0.2, 0) is 0 Å². The molecule has 0 amide bonds. The van der Waals surface area contributed by atoms with Gasteiger partial charge in [0.25, 0.3) is 0 Å². The molecule has 0 fully saturated rings. The van der Waals surface area contributed by atoms with Crippen molar-refractivity contribution in [3.63, 3.8) is 0 Å². The first-order valence-electron chi connectivity index (χ1n) is 11.4. The van der Waals surface area contributed by atoms with E-state index in [1.807, 2.05) is 36.5 Å². The summed E-state index contributed by atoms with van der Waals surface area (Å²) in [5.41, 5.74) is 15.3. The third-order valence-corrected chi connectivity index (χ3v) is 6.74. The molecule has 4 nitrogen and oxygen atoms in total. The van der Waals surface area contributed by atoms with Crippen molar-refractivity contribution in [2.75, 3.05) is 5.73 Å². The van der Waals surface area contributed by atoms with Crippen LogP contribution in [0.2, 0.25) is 0 Å². The van der Waals surface area contributed by atoms with E-state index < -0.39 is 0 Å². The number of pyridine rings is 1. The van der Waals surface area contributed by atoms with Gasteiger partial charge in [-0.2, -0.15) is 0 Å². The first kappa shape index (κ1) is 18.9. The summed E-state index contributed by atoms with van der Waals surface area (Å²) in [6.45, 7) is 2.07.